The molecule has 1 aliphatic rings. The maximum absolute atomic E-state index is 13.6. The van der Waals surface area contributed by atoms with Gasteiger partial charge in [-0.05, 0) is 12.1 Å². The third kappa shape index (κ3) is 2.92. The van der Waals surface area contributed by atoms with Gasteiger partial charge in [0, 0.05) is 25.7 Å². The molecular formula is C11H14F2N2O3S. The van der Waals surface area contributed by atoms with Crippen LogP contribution < -0.4 is 5.73 Å². The van der Waals surface area contributed by atoms with E-state index in [1.165, 1.54) is 0 Å². The van der Waals surface area contributed by atoms with E-state index in [0.29, 0.717) is 6.07 Å². The molecule has 1 fully saturated rings. The molecule has 2 rings (SSSR count). The molecule has 0 amide bonds. The first-order chi connectivity index (χ1) is 8.95. The normalized spacial score (nSPS) is 21.5. The van der Waals surface area contributed by atoms with E-state index in [0.717, 1.165) is 16.4 Å². The van der Waals surface area contributed by atoms with Crippen LogP contribution in [0.5, 0.6) is 0 Å². The van der Waals surface area contributed by atoms with Crippen LogP contribution in [0.2, 0.25) is 0 Å². The van der Waals surface area contributed by atoms with Crippen LogP contribution in [0.15, 0.2) is 23.1 Å². The standard InChI is InChI=1S/C11H14F2N2O3S/c12-8-1-2-11(10(13)5-8)19(16,17)15-3-4-18-9(6-14)7-15/h1-2,5,9H,3-4,6-7,14H2. The Kier molecular flexibility index (Phi) is 4.14. The van der Waals surface area contributed by atoms with Crippen LogP contribution in [-0.2, 0) is 14.8 Å². The van der Waals surface area contributed by atoms with Crippen molar-refractivity contribution in [2.24, 2.45) is 5.73 Å². The maximum Gasteiger partial charge on any atom is 0.246 e. The molecule has 0 aromatic heterocycles. The first-order valence-electron chi connectivity index (χ1n) is 5.72. The Labute approximate surface area is 110 Å². The van der Waals surface area contributed by atoms with Gasteiger partial charge in [0.2, 0.25) is 10.0 Å². The average Bonchev–Trinajstić information content (AvgIpc) is 2.38. The van der Waals surface area contributed by atoms with Gasteiger partial charge in [0.05, 0.1) is 12.7 Å². The van der Waals surface area contributed by atoms with E-state index in [-0.39, 0.29) is 26.2 Å². The van der Waals surface area contributed by atoms with Crippen LogP contribution >= 0.6 is 0 Å². The lowest BCUT2D eigenvalue weighted by Crippen LogP contribution is -2.48. The van der Waals surface area contributed by atoms with Gasteiger partial charge in [0.25, 0.3) is 0 Å². The van der Waals surface area contributed by atoms with E-state index < -0.39 is 32.7 Å². The summed E-state index contributed by atoms with van der Waals surface area (Å²) in [5.41, 5.74) is 5.43. The van der Waals surface area contributed by atoms with Crippen LogP contribution in [0.4, 0.5) is 8.78 Å². The minimum atomic E-state index is -4.00. The largest absolute Gasteiger partial charge is 0.374 e. The molecule has 1 aliphatic heterocycles. The molecule has 0 saturated carbocycles. The molecule has 1 atom stereocenters. The minimum Gasteiger partial charge on any atom is -0.374 e. The maximum atomic E-state index is 13.6. The van der Waals surface area contributed by atoms with Gasteiger partial charge in [-0.2, -0.15) is 4.31 Å². The highest BCUT2D eigenvalue weighted by molar-refractivity contribution is 7.89. The zero-order valence-corrected chi connectivity index (χ0v) is 10.9. The zero-order chi connectivity index (χ0) is 14.0. The highest BCUT2D eigenvalue weighted by atomic mass is 32.2. The van der Waals surface area contributed by atoms with E-state index >= 15 is 0 Å². The summed E-state index contributed by atoms with van der Waals surface area (Å²) in [6.07, 6.45) is -0.410. The van der Waals surface area contributed by atoms with Crippen molar-refractivity contribution >= 4 is 10.0 Å². The van der Waals surface area contributed by atoms with Crippen molar-refractivity contribution in [1.29, 1.82) is 0 Å². The summed E-state index contributed by atoms with van der Waals surface area (Å²) in [5.74, 6) is -1.92. The second-order valence-corrected chi connectivity index (χ2v) is 6.07. The predicted molar refractivity (Wildman–Crippen MR) is 63.9 cm³/mol. The summed E-state index contributed by atoms with van der Waals surface area (Å²) in [5, 5.41) is 0. The summed E-state index contributed by atoms with van der Waals surface area (Å²) >= 11 is 0. The molecule has 2 N–H and O–H groups in total. The number of sulfonamides is 1. The number of benzene rings is 1. The lowest BCUT2D eigenvalue weighted by atomic mass is 10.3. The molecule has 0 aliphatic carbocycles. The first-order valence-corrected chi connectivity index (χ1v) is 7.16. The van der Waals surface area contributed by atoms with E-state index in [9.17, 15) is 17.2 Å². The molecule has 1 aromatic carbocycles. The summed E-state index contributed by atoms with van der Waals surface area (Å²) in [6.45, 7) is 0.563. The number of rotatable bonds is 3. The number of ether oxygens (including phenoxy) is 1. The lowest BCUT2D eigenvalue weighted by Gasteiger charge is -2.31. The molecular weight excluding hydrogens is 278 g/mol. The zero-order valence-electron chi connectivity index (χ0n) is 10.1. The third-order valence-electron chi connectivity index (χ3n) is 2.88. The molecule has 1 aromatic rings. The Balaban J connectivity index is 2.31. The van der Waals surface area contributed by atoms with Gasteiger partial charge < -0.3 is 10.5 Å². The molecule has 0 radical (unpaired) electrons. The molecule has 1 heterocycles. The topological polar surface area (TPSA) is 72.6 Å². The van der Waals surface area contributed by atoms with Gasteiger partial charge in [-0.25, -0.2) is 17.2 Å². The van der Waals surface area contributed by atoms with Gasteiger partial charge in [0.15, 0.2) is 0 Å². The molecule has 1 saturated heterocycles. The van der Waals surface area contributed by atoms with E-state index in [2.05, 4.69) is 0 Å². The van der Waals surface area contributed by atoms with Crippen LogP contribution in [0.1, 0.15) is 0 Å². The van der Waals surface area contributed by atoms with Gasteiger partial charge in [0.1, 0.15) is 16.5 Å². The molecule has 5 nitrogen and oxygen atoms in total. The molecule has 8 heteroatoms. The van der Waals surface area contributed by atoms with Crippen molar-refractivity contribution < 1.29 is 21.9 Å². The number of hydrogen-bond acceptors (Lipinski definition) is 4. The molecule has 19 heavy (non-hydrogen) atoms. The third-order valence-corrected chi connectivity index (χ3v) is 4.77. The highest BCUT2D eigenvalue weighted by Crippen LogP contribution is 2.21. The van der Waals surface area contributed by atoms with Crippen molar-refractivity contribution in [2.45, 2.75) is 11.0 Å². The van der Waals surface area contributed by atoms with E-state index in [4.69, 9.17) is 10.5 Å². The highest BCUT2D eigenvalue weighted by Gasteiger charge is 2.32. The smallest absolute Gasteiger partial charge is 0.246 e. The van der Waals surface area contributed by atoms with Crippen LogP contribution in [0.3, 0.4) is 0 Å². The van der Waals surface area contributed by atoms with Crippen molar-refractivity contribution in [2.75, 3.05) is 26.2 Å². The molecule has 1 unspecified atom stereocenters. The molecule has 106 valence electrons. The second-order valence-electron chi connectivity index (χ2n) is 4.17. The second kappa shape index (κ2) is 5.49. The molecule has 0 spiro atoms. The number of morpholine rings is 1. The fourth-order valence-corrected chi connectivity index (χ4v) is 3.38. The number of nitrogens with zero attached hydrogens (tertiary/aromatic N) is 1. The van der Waals surface area contributed by atoms with Crippen molar-refractivity contribution in [3.05, 3.63) is 29.8 Å². The van der Waals surface area contributed by atoms with Crippen molar-refractivity contribution in [3.63, 3.8) is 0 Å². The fourth-order valence-electron chi connectivity index (χ4n) is 1.88. The predicted octanol–water partition coefficient (Wildman–Crippen LogP) is 0.313. The average molecular weight is 292 g/mol. The van der Waals surface area contributed by atoms with Crippen LogP contribution in [-0.4, -0.2) is 45.1 Å². The van der Waals surface area contributed by atoms with Crippen molar-refractivity contribution in [1.82, 2.24) is 4.31 Å². The fraction of sp³-hybridized carbons (Fsp3) is 0.455. The van der Waals surface area contributed by atoms with Crippen molar-refractivity contribution in [3.8, 4) is 0 Å². The van der Waals surface area contributed by atoms with Crippen LogP contribution in [0, 0.1) is 11.6 Å². The van der Waals surface area contributed by atoms with Gasteiger partial charge in [-0.15, -0.1) is 0 Å². The minimum absolute atomic E-state index is 0.0651. The summed E-state index contributed by atoms with van der Waals surface area (Å²) in [7, 11) is -4.00. The van der Waals surface area contributed by atoms with Crippen LogP contribution in [0.25, 0.3) is 0 Å². The Bertz CT molecular complexity index is 565. The summed E-state index contributed by atoms with van der Waals surface area (Å²) < 4.78 is 57.2. The summed E-state index contributed by atoms with van der Waals surface area (Å²) in [4.78, 5) is -0.536. The lowest BCUT2D eigenvalue weighted by molar-refractivity contribution is 0.00444. The first kappa shape index (κ1) is 14.3. The quantitative estimate of drug-likeness (QED) is 0.870. The summed E-state index contributed by atoms with van der Waals surface area (Å²) in [6, 6.07) is 2.39. The van der Waals surface area contributed by atoms with Gasteiger partial charge in [-0.1, -0.05) is 0 Å². The number of hydrogen-bond donors (Lipinski definition) is 1. The number of nitrogens with two attached hydrogens (primary N) is 1. The van der Waals surface area contributed by atoms with Gasteiger partial charge in [-0.3, -0.25) is 0 Å². The number of halogens is 2. The Morgan fingerprint density at radius 2 is 2.16 bits per heavy atom. The molecule has 0 bridgehead atoms. The Hall–Kier alpha value is -1.09. The Morgan fingerprint density at radius 1 is 1.42 bits per heavy atom. The Morgan fingerprint density at radius 3 is 2.79 bits per heavy atom. The SMILES string of the molecule is NCC1CN(S(=O)(=O)c2ccc(F)cc2F)CCO1. The van der Waals surface area contributed by atoms with E-state index in [1.54, 1.807) is 0 Å². The monoisotopic (exact) mass is 292 g/mol. The van der Waals surface area contributed by atoms with Gasteiger partial charge >= 0.3 is 0 Å². The van der Waals surface area contributed by atoms with E-state index in [1.807, 2.05) is 0 Å².